The number of rotatable bonds is 3. The minimum Gasteiger partial charge on any atom is -0.479 e. The molecule has 0 aromatic carbocycles. The van der Waals surface area contributed by atoms with E-state index < -0.39 is 11.6 Å². The minimum atomic E-state index is -1.61. The van der Waals surface area contributed by atoms with Crippen molar-refractivity contribution in [2.75, 3.05) is 0 Å². The third-order valence-electron chi connectivity index (χ3n) is 1.40. The molecule has 1 unspecified atom stereocenters. The molecule has 0 aromatic heterocycles. The number of carboxylic acid groups (broad SMARTS) is 1. The van der Waals surface area contributed by atoms with E-state index in [9.17, 15) is 4.79 Å². The van der Waals surface area contributed by atoms with Gasteiger partial charge in [-0.2, -0.15) is 0 Å². The zero-order chi connectivity index (χ0) is 7.49. The van der Waals surface area contributed by atoms with Crippen LogP contribution in [0, 0.1) is 6.92 Å². The monoisotopic (exact) mass is 154 g/mol. The van der Waals surface area contributed by atoms with Crippen LogP contribution in [0.4, 0.5) is 0 Å². The van der Waals surface area contributed by atoms with Crippen LogP contribution in [0.1, 0.15) is 19.8 Å². The van der Waals surface area contributed by atoms with Gasteiger partial charge >= 0.3 is 35.5 Å². The Labute approximate surface area is 82.7 Å². The van der Waals surface area contributed by atoms with Crippen LogP contribution >= 0.6 is 0 Å². The zero-order valence-electron chi connectivity index (χ0n) is 6.42. The van der Waals surface area contributed by atoms with Crippen LogP contribution < -0.4 is 29.6 Å². The van der Waals surface area contributed by atoms with E-state index in [1.165, 1.54) is 0 Å². The molecule has 0 rings (SSSR count). The quantitative estimate of drug-likeness (QED) is 0.347. The topological polar surface area (TPSA) is 57.5 Å². The maximum atomic E-state index is 10.2. The first-order chi connectivity index (χ1) is 4.06. The van der Waals surface area contributed by atoms with Gasteiger partial charge in [0, 0.05) is 0 Å². The summed E-state index contributed by atoms with van der Waals surface area (Å²) in [6, 6.07) is 0. The fourth-order valence-corrected chi connectivity index (χ4v) is 0.435. The molecule has 0 aromatic rings. The molecule has 1 atom stereocenters. The molecule has 0 radical (unpaired) electrons. The summed E-state index contributed by atoms with van der Waals surface area (Å²) in [5, 5.41) is 17.4. The van der Waals surface area contributed by atoms with E-state index in [4.69, 9.17) is 10.2 Å². The number of carbonyl (C=O) groups is 1. The van der Waals surface area contributed by atoms with Crippen LogP contribution in [0.15, 0.2) is 0 Å². The summed E-state index contributed by atoms with van der Waals surface area (Å²) in [4.78, 5) is 10.2. The van der Waals surface area contributed by atoms with Gasteiger partial charge in [-0.15, -0.1) is 6.42 Å². The van der Waals surface area contributed by atoms with Crippen molar-refractivity contribution < 1.29 is 44.6 Å². The second kappa shape index (κ2) is 5.13. The van der Waals surface area contributed by atoms with Crippen LogP contribution in [-0.2, 0) is 4.79 Å². The SMILES string of the molecule is [CH2-]CC(O)(CC)C(=O)O.[Na+]. The van der Waals surface area contributed by atoms with Gasteiger partial charge in [-0.25, -0.2) is 4.79 Å². The zero-order valence-corrected chi connectivity index (χ0v) is 8.42. The average Bonchev–Trinajstić information content (AvgIpc) is 1.86. The van der Waals surface area contributed by atoms with E-state index in [1.807, 2.05) is 0 Å². The van der Waals surface area contributed by atoms with Gasteiger partial charge in [-0.05, 0) is 6.42 Å². The first-order valence-electron chi connectivity index (χ1n) is 2.82. The number of carboxylic acids is 1. The van der Waals surface area contributed by atoms with Crippen molar-refractivity contribution in [3.8, 4) is 0 Å². The predicted molar refractivity (Wildman–Crippen MR) is 32.9 cm³/mol. The standard InChI is InChI=1S/C6H11O3.Na/c1-3-6(9,4-2)5(7)8;/h9H,1,3-4H2,2H3,(H,7,8);/q-1;+1. The molecule has 0 fully saturated rings. The fourth-order valence-electron chi connectivity index (χ4n) is 0.435. The molecule has 2 N–H and O–H groups in total. The van der Waals surface area contributed by atoms with E-state index in [2.05, 4.69) is 6.92 Å². The molecule has 3 nitrogen and oxygen atoms in total. The molecule has 0 saturated carbocycles. The van der Waals surface area contributed by atoms with Crippen LogP contribution in [0.5, 0.6) is 0 Å². The summed E-state index contributed by atoms with van der Waals surface area (Å²) in [6.07, 6.45) is 0.213. The number of hydrogen-bond donors (Lipinski definition) is 2. The number of hydrogen-bond acceptors (Lipinski definition) is 2. The Morgan fingerprint density at radius 3 is 2.10 bits per heavy atom. The van der Waals surface area contributed by atoms with Crippen LogP contribution in [0.2, 0.25) is 0 Å². The molecule has 10 heavy (non-hydrogen) atoms. The minimum absolute atomic E-state index is 0. The summed E-state index contributed by atoms with van der Waals surface area (Å²) >= 11 is 0. The first-order valence-corrected chi connectivity index (χ1v) is 2.82. The molecule has 0 aliphatic rings. The van der Waals surface area contributed by atoms with E-state index in [1.54, 1.807) is 6.92 Å². The van der Waals surface area contributed by atoms with E-state index in [-0.39, 0.29) is 42.4 Å². The Bertz CT molecular complexity index is 110. The van der Waals surface area contributed by atoms with E-state index >= 15 is 0 Å². The smallest absolute Gasteiger partial charge is 0.479 e. The molecule has 4 heteroatoms. The van der Waals surface area contributed by atoms with Crippen molar-refractivity contribution in [3.05, 3.63) is 6.92 Å². The molecule has 0 amide bonds. The number of aliphatic carboxylic acids is 1. The maximum absolute atomic E-state index is 10.2. The van der Waals surface area contributed by atoms with Gasteiger partial charge in [0.25, 0.3) is 0 Å². The van der Waals surface area contributed by atoms with Crippen molar-refractivity contribution >= 4 is 5.97 Å². The van der Waals surface area contributed by atoms with Crippen molar-refractivity contribution in [3.63, 3.8) is 0 Å². The van der Waals surface area contributed by atoms with Crippen molar-refractivity contribution in [2.24, 2.45) is 0 Å². The molecule has 0 aliphatic carbocycles. The molecule has 54 valence electrons. The van der Waals surface area contributed by atoms with Crippen molar-refractivity contribution in [1.82, 2.24) is 0 Å². The Morgan fingerprint density at radius 1 is 1.70 bits per heavy atom. The largest absolute Gasteiger partial charge is 1.00 e. The fraction of sp³-hybridized carbons (Fsp3) is 0.667. The van der Waals surface area contributed by atoms with E-state index in [0.717, 1.165) is 0 Å². The van der Waals surface area contributed by atoms with Crippen molar-refractivity contribution in [1.29, 1.82) is 0 Å². The summed E-state index contributed by atoms with van der Waals surface area (Å²) in [7, 11) is 0. The first kappa shape index (κ1) is 13.1. The van der Waals surface area contributed by atoms with Gasteiger partial charge in [-0.1, -0.05) is 6.92 Å². The summed E-state index contributed by atoms with van der Waals surface area (Å²) < 4.78 is 0. The Balaban J connectivity index is 0. The Morgan fingerprint density at radius 2 is 2.10 bits per heavy atom. The Kier molecular flexibility index (Phi) is 6.69. The van der Waals surface area contributed by atoms with Crippen LogP contribution in [0.25, 0.3) is 0 Å². The molecule has 0 bridgehead atoms. The Hall–Kier alpha value is 0.430. The third-order valence-corrected chi connectivity index (χ3v) is 1.40. The second-order valence-electron chi connectivity index (χ2n) is 1.94. The normalized spacial score (nSPS) is 15.1. The van der Waals surface area contributed by atoms with Crippen molar-refractivity contribution in [2.45, 2.75) is 25.4 Å². The summed E-state index contributed by atoms with van der Waals surface area (Å²) in [5.41, 5.74) is -1.61. The van der Waals surface area contributed by atoms with E-state index in [0.29, 0.717) is 0 Å². The molecule has 0 spiro atoms. The average molecular weight is 154 g/mol. The summed E-state index contributed by atoms with van der Waals surface area (Å²) in [5.74, 6) is -1.19. The van der Waals surface area contributed by atoms with Gasteiger partial charge in [0.05, 0.1) is 0 Å². The van der Waals surface area contributed by atoms with Crippen LogP contribution in [0.3, 0.4) is 0 Å². The maximum Gasteiger partial charge on any atom is 1.00 e. The molecule has 0 saturated heterocycles. The number of aliphatic hydroxyl groups is 1. The molecular weight excluding hydrogens is 143 g/mol. The third kappa shape index (κ3) is 3.01. The molecule has 0 aliphatic heterocycles. The van der Waals surface area contributed by atoms with Gasteiger partial charge in [0.2, 0.25) is 0 Å². The molecule has 0 heterocycles. The van der Waals surface area contributed by atoms with Gasteiger partial charge in [-0.3, -0.25) is 0 Å². The van der Waals surface area contributed by atoms with Crippen LogP contribution in [-0.4, -0.2) is 21.8 Å². The summed E-state index contributed by atoms with van der Waals surface area (Å²) in [6.45, 7) is 4.93. The van der Waals surface area contributed by atoms with Gasteiger partial charge < -0.3 is 17.1 Å². The predicted octanol–water partition coefficient (Wildman–Crippen LogP) is -2.56. The van der Waals surface area contributed by atoms with Gasteiger partial charge in [0.1, 0.15) is 5.60 Å². The van der Waals surface area contributed by atoms with Gasteiger partial charge in [0.15, 0.2) is 0 Å². The second-order valence-corrected chi connectivity index (χ2v) is 1.94. The molecular formula is C6H11NaO3.